The molecule has 22 heteroatoms. The number of imidazole rings is 1. The normalized spacial score (nSPS) is 10.9. The minimum absolute atomic E-state index is 0.139. The molecule has 15 nitrogen and oxygen atoms in total. The van der Waals surface area contributed by atoms with Crippen LogP contribution in [0.4, 0.5) is 0 Å². The van der Waals surface area contributed by atoms with Gasteiger partial charge in [0.15, 0.2) is 13.8 Å². The first-order chi connectivity index (χ1) is 22.6. The number of hydrogen-bond donors (Lipinski definition) is 6. The highest BCUT2D eigenvalue weighted by Crippen LogP contribution is 2.18. The Balaban J connectivity index is 0.000000180. The number of thiocarbonyl (C=S) groups is 1. The zero-order valence-corrected chi connectivity index (χ0v) is 30.6. The van der Waals surface area contributed by atoms with Gasteiger partial charge in [-0.3, -0.25) is 0 Å². The number of aromatic nitrogens is 7. The summed E-state index contributed by atoms with van der Waals surface area (Å²) in [5.74, 6) is 0. The van der Waals surface area contributed by atoms with Crippen LogP contribution in [0.5, 0.6) is 0 Å². The van der Waals surface area contributed by atoms with E-state index in [9.17, 15) is 25.9 Å². The summed E-state index contributed by atoms with van der Waals surface area (Å²) < 4.78 is 68.3. The number of nitrogens with one attached hydrogen (secondary N) is 6. The van der Waals surface area contributed by atoms with E-state index in [1.54, 1.807) is 17.4 Å². The average molecular weight is 786 g/mol. The molecule has 48 heavy (non-hydrogen) atoms. The van der Waals surface area contributed by atoms with Crippen LogP contribution >= 0.6 is 60.2 Å². The van der Waals surface area contributed by atoms with Gasteiger partial charge in [-0.05, 0) is 111 Å². The van der Waals surface area contributed by atoms with Gasteiger partial charge in [-0.25, -0.2) is 21.5 Å². The molecule has 0 spiro atoms. The quantitative estimate of drug-likeness (QED) is 0.102. The number of para-hydroxylation sites is 1. The van der Waals surface area contributed by atoms with E-state index in [1.807, 2.05) is 32.0 Å². The summed E-state index contributed by atoms with van der Waals surface area (Å²) in [5, 5.41) is 16.1. The molecule has 3 aromatic heterocycles. The molecule has 0 radical (unpaired) electrons. The number of aromatic amines is 4. The minimum Gasteiger partial charge on any atom is -0.744 e. The number of H-pyrrole nitrogens is 4. The lowest BCUT2D eigenvalue weighted by atomic mass is 10.3. The Morgan fingerprint density at radius 3 is 2.02 bits per heavy atom. The topological polar surface area (TPSA) is 232 Å². The molecule has 0 aliphatic rings. The Labute approximate surface area is 299 Å². The molecule has 0 unspecified atom stereocenters. The molecule has 0 atom stereocenters. The van der Waals surface area contributed by atoms with Gasteiger partial charge in [0.25, 0.3) is 0 Å². The van der Waals surface area contributed by atoms with Crippen LogP contribution in [-0.4, -0.2) is 79.3 Å². The molecule has 3 aromatic carbocycles. The molecule has 0 bridgehead atoms. The number of fused-ring (bicyclic) bond motifs is 2. The first-order valence-electron chi connectivity index (χ1n) is 13.5. The van der Waals surface area contributed by atoms with Gasteiger partial charge in [0.05, 0.1) is 36.7 Å². The van der Waals surface area contributed by atoms with Crippen LogP contribution in [0.1, 0.15) is 13.8 Å². The third kappa shape index (κ3) is 11.7. The van der Waals surface area contributed by atoms with Crippen molar-refractivity contribution >= 4 is 107 Å². The first kappa shape index (κ1) is 38.7. The predicted molar refractivity (Wildman–Crippen MR) is 193 cm³/mol. The van der Waals surface area contributed by atoms with E-state index < -0.39 is 20.2 Å². The lowest BCUT2D eigenvalue weighted by Crippen LogP contribution is -2.34. The van der Waals surface area contributed by atoms with Crippen molar-refractivity contribution in [3.8, 4) is 5.69 Å². The molecule has 0 amide bonds. The van der Waals surface area contributed by atoms with E-state index in [1.165, 1.54) is 45.8 Å². The fourth-order valence-corrected chi connectivity index (χ4v) is 6.41. The van der Waals surface area contributed by atoms with Crippen molar-refractivity contribution in [2.24, 2.45) is 0 Å². The predicted octanol–water partition coefficient (Wildman–Crippen LogP) is 4.81. The van der Waals surface area contributed by atoms with E-state index in [2.05, 4.69) is 47.2 Å². The van der Waals surface area contributed by atoms with Crippen LogP contribution < -0.4 is 10.6 Å². The highest BCUT2D eigenvalue weighted by Gasteiger charge is 2.05. The first-order valence-corrected chi connectivity index (χ1v) is 18.7. The highest BCUT2D eigenvalue weighted by molar-refractivity contribution is 7.86. The summed E-state index contributed by atoms with van der Waals surface area (Å²) in [4.78, 5) is 8.02. The second-order valence-electron chi connectivity index (χ2n) is 9.01. The number of benzene rings is 3. The van der Waals surface area contributed by atoms with Gasteiger partial charge in [0.2, 0.25) is 4.77 Å². The summed E-state index contributed by atoms with van der Waals surface area (Å²) in [6, 6.07) is 17.5. The van der Waals surface area contributed by atoms with Gasteiger partial charge >= 0.3 is 0 Å². The zero-order valence-electron chi connectivity index (χ0n) is 24.9. The van der Waals surface area contributed by atoms with Crippen LogP contribution in [0.25, 0.3) is 26.9 Å². The summed E-state index contributed by atoms with van der Waals surface area (Å²) in [5.41, 5.74) is 2.69. The molecule has 3 heterocycles. The summed E-state index contributed by atoms with van der Waals surface area (Å²) in [7, 11) is -8.88. The number of rotatable bonds is 5. The highest BCUT2D eigenvalue weighted by atomic mass is 32.2. The maximum Gasteiger partial charge on any atom is 0.242 e. The average Bonchev–Trinajstić information content (AvgIpc) is 3.73. The molecule has 6 aromatic rings. The van der Waals surface area contributed by atoms with Crippen molar-refractivity contribution in [2.45, 2.75) is 23.6 Å². The van der Waals surface area contributed by atoms with Crippen molar-refractivity contribution in [3.05, 3.63) is 80.2 Å². The zero-order chi connectivity index (χ0) is 35.5. The molecule has 0 aliphatic heterocycles. The van der Waals surface area contributed by atoms with Gasteiger partial charge in [-0.2, -0.15) is 5.21 Å². The van der Waals surface area contributed by atoms with Crippen LogP contribution in [0, 0.1) is 13.5 Å². The Bertz CT molecular complexity index is 2350. The van der Waals surface area contributed by atoms with Crippen molar-refractivity contribution in [1.29, 1.82) is 0 Å². The Morgan fingerprint density at radius 1 is 0.812 bits per heavy atom. The fourth-order valence-electron chi connectivity index (χ4n) is 3.59. The standard InChI is InChI=1S/C7H6N4O3S2.C7H6N2O3S2.C7H5NS2.C5H12N2S/c12-16(13,14)6-3-1-2-5(4-6)11-7(15)8-9-10-11;10-14(11,12)4-1-2-5-6(3-4)9-7(13)8-5;9-7-8-5-3-1-2-4-6(5)10-7;1-3-6-5(8)7-4-2/h1-4H,(H,8,10,15)(H,12,13,14);1-3H,(H2,8,9,13)(H,10,11,12);1-4H,(H,8,9);3-4H2,1-2H3,(H2,6,7,8)/p-2. The van der Waals surface area contributed by atoms with Crippen LogP contribution in [0.2, 0.25) is 0 Å². The van der Waals surface area contributed by atoms with Gasteiger partial charge in [-0.1, -0.05) is 28.5 Å². The molecule has 0 saturated heterocycles. The SMILES string of the molecule is CCNC(=S)NCC.O=S(=O)([O-])c1ccc2[nH]c(=S)[nH]c2c1.O=S(=O)([O-])c1cccc(-n2[nH]nnc2=S)c1.S=c1[nH]c2ccccc2s1. The number of thiazole rings is 1. The third-order valence-corrected chi connectivity index (χ3v) is 9.25. The summed E-state index contributed by atoms with van der Waals surface area (Å²) in [6.45, 7) is 5.82. The molecule has 0 saturated carbocycles. The number of nitrogens with zero attached hydrogens (tertiary/aromatic N) is 3. The Hall–Kier alpha value is -3.74. The Morgan fingerprint density at radius 2 is 1.44 bits per heavy atom. The maximum absolute atomic E-state index is 10.8. The van der Waals surface area contributed by atoms with Crippen molar-refractivity contribution in [1.82, 2.24) is 45.8 Å². The van der Waals surface area contributed by atoms with E-state index in [-0.39, 0.29) is 14.6 Å². The fraction of sp³-hybridized carbons (Fsp3) is 0.154. The minimum atomic E-state index is -4.48. The van der Waals surface area contributed by atoms with E-state index in [0.29, 0.717) is 21.5 Å². The van der Waals surface area contributed by atoms with Crippen LogP contribution in [0.15, 0.2) is 76.5 Å². The molecular weight excluding hydrogens is 759 g/mol. The number of tetrazole rings is 1. The van der Waals surface area contributed by atoms with Crippen LogP contribution in [-0.2, 0) is 20.2 Å². The van der Waals surface area contributed by atoms with Gasteiger partial charge < -0.3 is 34.7 Å². The van der Waals surface area contributed by atoms with Crippen molar-refractivity contribution in [2.75, 3.05) is 13.1 Å². The van der Waals surface area contributed by atoms with E-state index >= 15 is 0 Å². The smallest absolute Gasteiger partial charge is 0.242 e. The number of hydrogen-bond acceptors (Lipinski definition) is 13. The second-order valence-corrected chi connectivity index (χ2v) is 14.7. The molecule has 0 aliphatic carbocycles. The van der Waals surface area contributed by atoms with E-state index in [4.69, 9.17) is 48.9 Å². The third-order valence-electron chi connectivity index (χ3n) is 5.61. The molecule has 6 N–H and O–H groups in total. The van der Waals surface area contributed by atoms with Gasteiger partial charge in [0, 0.05) is 13.1 Å². The van der Waals surface area contributed by atoms with Crippen molar-refractivity contribution in [3.63, 3.8) is 0 Å². The lowest BCUT2D eigenvalue weighted by Gasteiger charge is -2.08. The summed E-state index contributed by atoms with van der Waals surface area (Å²) in [6.07, 6.45) is 0. The second kappa shape index (κ2) is 17.6. The maximum atomic E-state index is 10.8. The van der Waals surface area contributed by atoms with Crippen LogP contribution in [0.3, 0.4) is 0 Å². The molecular formula is C26H27N9O6S7-2. The van der Waals surface area contributed by atoms with E-state index in [0.717, 1.165) is 27.7 Å². The lowest BCUT2D eigenvalue weighted by molar-refractivity contribution is 0.461. The molecule has 256 valence electrons. The van der Waals surface area contributed by atoms with Gasteiger partial charge in [-0.15, -0.1) is 11.3 Å². The summed E-state index contributed by atoms with van der Waals surface area (Å²) >= 11 is 21.1. The Kier molecular flexibility index (Phi) is 14.2. The largest absolute Gasteiger partial charge is 0.744 e. The van der Waals surface area contributed by atoms with Gasteiger partial charge in [0.1, 0.15) is 20.2 Å². The monoisotopic (exact) mass is 785 g/mol. The molecule has 0 fully saturated rings. The van der Waals surface area contributed by atoms with Crippen molar-refractivity contribution < 1.29 is 25.9 Å². The molecule has 6 rings (SSSR count).